The second kappa shape index (κ2) is 8.12. The molecular weight excluding hydrogens is 263 g/mol. The first-order valence-corrected chi connectivity index (χ1v) is 4.59. The van der Waals surface area contributed by atoms with Crippen LogP contribution < -0.4 is 56.5 Å². The van der Waals surface area contributed by atoms with Crippen molar-refractivity contribution < 1.29 is 91.2 Å². The third-order valence-electron chi connectivity index (χ3n) is 2.21. The van der Waals surface area contributed by atoms with E-state index in [1.165, 1.54) is 0 Å². The van der Waals surface area contributed by atoms with E-state index < -0.39 is 49.9 Å². The molecule has 0 aromatic rings. The number of rotatable bonds is 4. The summed E-state index contributed by atoms with van der Waals surface area (Å²) in [5.41, 5.74) is 0. The molecule has 4 N–H and O–H groups in total. The molecule has 8 nitrogen and oxygen atoms in total. The summed E-state index contributed by atoms with van der Waals surface area (Å²) in [5.74, 6) is -1.52. The Kier molecular flexibility index (Phi) is 8.53. The third-order valence-corrected chi connectivity index (χ3v) is 2.21. The molecule has 0 unspecified atom stereocenters. The number of ether oxygens (including phenoxy) is 2. The Hall–Kier alpha value is 0.866. The van der Waals surface area contributed by atoms with Crippen molar-refractivity contribution in [3.63, 3.8) is 0 Å². The maximum atomic E-state index is 10.1. The maximum absolute atomic E-state index is 10.1. The normalized spacial score (nSPS) is 37.3. The Morgan fingerprint density at radius 3 is 2.29 bits per heavy atom. The minimum atomic E-state index is -1.60. The molecule has 5 atom stereocenters. The van der Waals surface area contributed by atoms with E-state index in [1.807, 2.05) is 0 Å². The van der Waals surface area contributed by atoms with E-state index in [4.69, 9.17) is 9.84 Å². The molecule has 0 bridgehead atoms. The predicted molar refractivity (Wildman–Crippen MR) is 44.7 cm³/mol. The molecule has 0 spiro atoms. The number of carboxylic acids is 1. The van der Waals surface area contributed by atoms with Gasteiger partial charge in [0.2, 0.25) is 0 Å². The van der Waals surface area contributed by atoms with Crippen molar-refractivity contribution in [1.82, 2.24) is 0 Å². The van der Waals surface area contributed by atoms with Crippen molar-refractivity contribution in [2.75, 3.05) is 13.2 Å². The van der Waals surface area contributed by atoms with Crippen LogP contribution in [-0.4, -0.2) is 70.3 Å². The molecule has 17 heavy (non-hydrogen) atoms. The molecule has 1 heterocycles. The minimum absolute atomic E-state index is 0. The van der Waals surface area contributed by atoms with Gasteiger partial charge in [-0.1, -0.05) is 0 Å². The SMILES string of the molecule is O=C([O-])CO[C@H]1O[C@H](CO)[C@@H](O)[C@H](O)[C@@H]1O.[K+]. The molecular formula is C8H13KO8. The van der Waals surface area contributed by atoms with Crippen LogP contribution in [0.25, 0.3) is 0 Å². The van der Waals surface area contributed by atoms with Crippen molar-refractivity contribution >= 4 is 5.97 Å². The second-order valence-corrected chi connectivity index (χ2v) is 3.38. The van der Waals surface area contributed by atoms with Gasteiger partial charge >= 0.3 is 51.4 Å². The first-order valence-electron chi connectivity index (χ1n) is 4.59. The van der Waals surface area contributed by atoms with Crippen LogP contribution in [-0.2, 0) is 14.3 Å². The Balaban J connectivity index is 0.00000256. The van der Waals surface area contributed by atoms with Gasteiger partial charge in [0, 0.05) is 0 Å². The Morgan fingerprint density at radius 2 is 1.82 bits per heavy atom. The van der Waals surface area contributed by atoms with E-state index >= 15 is 0 Å². The van der Waals surface area contributed by atoms with Gasteiger partial charge in [-0.15, -0.1) is 0 Å². The van der Waals surface area contributed by atoms with E-state index in [2.05, 4.69) is 4.74 Å². The number of hydrogen-bond donors (Lipinski definition) is 4. The quantitative estimate of drug-likeness (QED) is 0.371. The number of aliphatic hydroxyl groups excluding tert-OH is 4. The first kappa shape index (κ1) is 17.9. The average Bonchev–Trinajstić information content (AvgIpc) is 2.25. The summed E-state index contributed by atoms with van der Waals surface area (Å²) in [7, 11) is 0. The Morgan fingerprint density at radius 1 is 1.24 bits per heavy atom. The smallest absolute Gasteiger partial charge is 0.548 e. The van der Waals surface area contributed by atoms with Crippen LogP contribution >= 0.6 is 0 Å². The number of carbonyl (C=O) groups excluding carboxylic acids is 1. The van der Waals surface area contributed by atoms with Crippen molar-refractivity contribution in [2.24, 2.45) is 0 Å². The van der Waals surface area contributed by atoms with Gasteiger partial charge in [-0.2, -0.15) is 0 Å². The van der Waals surface area contributed by atoms with Crippen LogP contribution in [0.4, 0.5) is 0 Å². The molecule has 0 aromatic carbocycles. The summed E-state index contributed by atoms with van der Waals surface area (Å²) < 4.78 is 9.45. The Labute approximate surface area is 140 Å². The van der Waals surface area contributed by atoms with E-state index in [-0.39, 0.29) is 51.4 Å². The molecule has 1 aliphatic rings. The topological polar surface area (TPSA) is 140 Å². The standard InChI is InChI=1S/C8H14O8.K/c9-1-3-5(12)6(13)7(14)8(16-3)15-2-4(10)11;/h3,5-9,12-14H,1-2H2,(H,10,11);/q;+1/p-1/t3-,5-,6+,7+,8+;/m1./s1. The monoisotopic (exact) mass is 276 g/mol. The largest absolute Gasteiger partial charge is 1.00 e. The fraction of sp³-hybridized carbons (Fsp3) is 0.875. The Bertz CT molecular complexity index is 248. The van der Waals surface area contributed by atoms with Gasteiger partial charge in [0.1, 0.15) is 24.4 Å². The summed E-state index contributed by atoms with van der Waals surface area (Å²) in [5, 5.41) is 47.0. The molecule has 1 saturated heterocycles. The summed E-state index contributed by atoms with van der Waals surface area (Å²) >= 11 is 0. The predicted octanol–water partition coefficient (Wildman–Crippen LogP) is -7.44. The van der Waals surface area contributed by atoms with Crippen LogP contribution in [0.1, 0.15) is 0 Å². The fourth-order valence-electron chi connectivity index (χ4n) is 1.36. The van der Waals surface area contributed by atoms with Crippen molar-refractivity contribution in [1.29, 1.82) is 0 Å². The maximum Gasteiger partial charge on any atom is 1.00 e. The molecule has 0 aliphatic carbocycles. The molecule has 0 saturated carbocycles. The average molecular weight is 276 g/mol. The molecule has 1 aliphatic heterocycles. The molecule has 0 aromatic heterocycles. The van der Waals surface area contributed by atoms with Gasteiger partial charge in [-0.3, -0.25) is 0 Å². The van der Waals surface area contributed by atoms with Crippen LogP contribution in [0.3, 0.4) is 0 Å². The molecule has 9 heteroatoms. The zero-order chi connectivity index (χ0) is 12.3. The summed E-state index contributed by atoms with van der Waals surface area (Å²) in [6.07, 6.45) is -7.24. The zero-order valence-corrected chi connectivity index (χ0v) is 12.3. The summed E-state index contributed by atoms with van der Waals surface area (Å²) in [6, 6.07) is 0. The molecule has 94 valence electrons. The second-order valence-electron chi connectivity index (χ2n) is 3.38. The van der Waals surface area contributed by atoms with E-state index in [0.29, 0.717) is 0 Å². The number of carbonyl (C=O) groups is 1. The van der Waals surface area contributed by atoms with Crippen LogP contribution in [0.15, 0.2) is 0 Å². The van der Waals surface area contributed by atoms with Gasteiger partial charge in [0.05, 0.1) is 19.2 Å². The number of aliphatic carboxylic acids is 1. The zero-order valence-electron chi connectivity index (χ0n) is 9.22. The number of carboxylic acid groups (broad SMARTS) is 1. The van der Waals surface area contributed by atoms with Gasteiger partial charge in [0.15, 0.2) is 6.29 Å². The van der Waals surface area contributed by atoms with Gasteiger partial charge in [-0.05, 0) is 0 Å². The van der Waals surface area contributed by atoms with Crippen molar-refractivity contribution in [2.45, 2.75) is 30.7 Å². The number of hydrogen-bond acceptors (Lipinski definition) is 8. The van der Waals surface area contributed by atoms with Gasteiger partial charge in [-0.25, -0.2) is 0 Å². The summed E-state index contributed by atoms with van der Waals surface area (Å²) in [6.45, 7) is -1.43. The summed E-state index contributed by atoms with van der Waals surface area (Å²) in [4.78, 5) is 10.1. The minimum Gasteiger partial charge on any atom is -0.548 e. The van der Waals surface area contributed by atoms with Crippen molar-refractivity contribution in [3.8, 4) is 0 Å². The first-order chi connectivity index (χ1) is 7.47. The van der Waals surface area contributed by atoms with E-state index in [1.54, 1.807) is 0 Å². The fourth-order valence-corrected chi connectivity index (χ4v) is 1.36. The van der Waals surface area contributed by atoms with E-state index in [9.17, 15) is 25.2 Å². The van der Waals surface area contributed by atoms with Gasteiger partial charge in [0.25, 0.3) is 0 Å². The van der Waals surface area contributed by atoms with E-state index in [0.717, 1.165) is 0 Å². The molecule has 0 radical (unpaired) electrons. The van der Waals surface area contributed by atoms with Crippen LogP contribution in [0, 0.1) is 0 Å². The van der Waals surface area contributed by atoms with Crippen molar-refractivity contribution in [3.05, 3.63) is 0 Å². The van der Waals surface area contributed by atoms with Crippen LogP contribution in [0.5, 0.6) is 0 Å². The molecule has 0 amide bonds. The van der Waals surface area contributed by atoms with Gasteiger partial charge < -0.3 is 39.8 Å². The number of aliphatic hydroxyl groups is 4. The molecule has 1 fully saturated rings. The third kappa shape index (κ3) is 4.80. The molecule has 1 rings (SSSR count). The van der Waals surface area contributed by atoms with Crippen LogP contribution in [0.2, 0.25) is 0 Å².